The van der Waals surface area contributed by atoms with E-state index in [9.17, 15) is 28.4 Å². The predicted molar refractivity (Wildman–Crippen MR) is 168 cm³/mol. The van der Waals surface area contributed by atoms with Crippen LogP contribution in [0.3, 0.4) is 0 Å². The van der Waals surface area contributed by atoms with E-state index in [0.29, 0.717) is 43.0 Å². The molecule has 6 rings (SSSR count). The molecule has 11 nitrogen and oxygen atoms in total. The minimum absolute atomic E-state index is 0.0502. The molecule has 2 aliphatic heterocycles. The number of nitrogens with zero attached hydrogens (tertiary/aromatic N) is 2. The summed E-state index contributed by atoms with van der Waals surface area (Å²) in [4.78, 5) is 68.9. The Labute approximate surface area is 273 Å². The number of ether oxygens (including phenoxy) is 2. The van der Waals surface area contributed by atoms with E-state index in [4.69, 9.17) is 9.47 Å². The smallest absolute Gasteiger partial charge is 0.418 e. The van der Waals surface area contributed by atoms with Crippen molar-refractivity contribution in [2.75, 3.05) is 11.9 Å². The Morgan fingerprint density at radius 1 is 0.979 bits per heavy atom. The van der Waals surface area contributed by atoms with Crippen molar-refractivity contribution >= 4 is 35.6 Å². The summed E-state index contributed by atoms with van der Waals surface area (Å²) < 4.78 is 25.0. The molecule has 1 spiro atoms. The van der Waals surface area contributed by atoms with Crippen molar-refractivity contribution in [2.45, 2.75) is 102 Å². The topological polar surface area (TPSA) is 134 Å². The van der Waals surface area contributed by atoms with Crippen LogP contribution in [0.25, 0.3) is 0 Å². The number of aryl methyl sites for hydroxylation is 2. The molecule has 2 aromatic carbocycles. The molecule has 0 radical (unpaired) electrons. The molecule has 250 valence electrons. The summed E-state index contributed by atoms with van der Waals surface area (Å²) in [5.41, 5.74) is -0.148. The van der Waals surface area contributed by atoms with E-state index in [2.05, 4.69) is 10.6 Å². The van der Waals surface area contributed by atoms with Crippen molar-refractivity contribution in [3.8, 4) is 0 Å². The van der Waals surface area contributed by atoms with E-state index in [1.165, 1.54) is 12.1 Å². The number of rotatable bonds is 6. The van der Waals surface area contributed by atoms with Gasteiger partial charge in [0, 0.05) is 30.3 Å². The zero-order valence-corrected chi connectivity index (χ0v) is 27.4. The lowest BCUT2D eigenvalue weighted by Crippen LogP contribution is -2.53. The summed E-state index contributed by atoms with van der Waals surface area (Å²) in [6.45, 7) is 8.14. The Morgan fingerprint density at radius 2 is 1.72 bits per heavy atom. The second-order valence-corrected chi connectivity index (χ2v) is 14.5. The lowest BCUT2D eigenvalue weighted by molar-refractivity contribution is -0.143. The first-order valence-corrected chi connectivity index (χ1v) is 16.1. The number of halogens is 1. The average Bonchev–Trinajstić information content (AvgIpc) is 3.74. The van der Waals surface area contributed by atoms with Gasteiger partial charge in [-0.15, -0.1) is 0 Å². The minimum Gasteiger partial charge on any atom is -0.444 e. The third kappa shape index (κ3) is 6.42. The van der Waals surface area contributed by atoms with Crippen molar-refractivity contribution < 1.29 is 37.8 Å². The molecule has 2 heterocycles. The van der Waals surface area contributed by atoms with Crippen LogP contribution < -0.4 is 10.6 Å². The number of carbonyl (C=O) groups is 5. The second-order valence-electron chi connectivity index (χ2n) is 14.5. The number of hydrogen-bond donors (Lipinski definition) is 2. The molecule has 1 saturated carbocycles. The number of anilines is 1. The second kappa shape index (κ2) is 11.6. The van der Waals surface area contributed by atoms with Gasteiger partial charge in [0.15, 0.2) is 0 Å². The molecule has 12 heteroatoms. The summed E-state index contributed by atoms with van der Waals surface area (Å²) in [6, 6.07) is 9.55. The lowest BCUT2D eigenvalue weighted by Gasteiger charge is -2.31. The van der Waals surface area contributed by atoms with Gasteiger partial charge >= 0.3 is 12.2 Å². The molecule has 4 aliphatic rings. The molecular formula is C35H41FN4O7. The summed E-state index contributed by atoms with van der Waals surface area (Å²) in [6.07, 6.45) is 2.37. The molecule has 2 N–H and O–H groups in total. The Morgan fingerprint density at radius 3 is 2.43 bits per heavy atom. The van der Waals surface area contributed by atoms with E-state index in [0.717, 1.165) is 34.4 Å². The standard InChI is InChI=1S/C35H41FN4O7/c1-33(2,3)46-31(44)38-34(4,5)29(42)37-25-11-12-26-22(17-25)14-15-35(26)30(43)40(32(45)47-35)19-28(41)39-18-23-8-10-24(36)16-21(23)9-13-27(39)20-6-7-20/h8,10-12,16-17,20,27H,6-7,9,13-15,18-19H2,1-5H3,(H,37,42)(H,38,44)/t27-,35+/m0/s1. The molecule has 2 atom stereocenters. The van der Waals surface area contributed by atoms with Gasteiger partial charge in [-0.3, -0.25) is 14.4 Å². The van der Waals surface area contributed by atoms with Crippen LogP contribution >= 0.6 is 0 Å². The zero-order valence-electron chi connectivity index (χ0n) is 27.4. The highest BCUT2D eigenvalue weighted by Gasteiger charge is 2.58. The van der Waals surface area contributed by atoms with E-state index >= 15 is 0 Å². The van der Waals surface area contributed by atoms with Gasteiger partial charge in [0.2, 0.25) is 17.4 Å². The number of amides is 5. The molecule has 0 aromatic heterocycles. The molecule has 2 fully saturated rings. The Bertz CT molecular complexity index is 1660. The van der Waals surface area contributed by atoms with Crippen molar-refractivity contribution in [2.24, 2.45) is 5.92 Å². The fourth-order valence-corrected chi connectivity index (χ4v) is 6.85. The van der Waals surface area contributed by atoms with Crippen LogP contribution in [0.1, 0.15) is 82.6 Å². The van der Waals surface area contributed by atoms with Crippen LogP contribution in [0.2, 0.25) is 0 Å². The van der Waals surface area contributed by atoms with Gasteiger partial charge < -0.3 is 25.0 Å². The van der Waals surface area contributed by atoms with Crippen LogP contribution in [-0.4, -0.2) is 63.4 Å². The number of fused-ring (bicyclic) bond motifs is 3. The number of carbonyl (C=O) groups excluding carboxylic acids is 5. The largest absolute Gasteiger partial charge is 0.444 e. The van der Waals surface area contributed by atoms with Crippen LogP contribution in [0, 0.1) is 11.7 Å². The summed E-state index contributed by atoms with van der Waals surface area (Å²) in [7, 11) is 0. The molecule has 2 aliphatic carbocycles. The van der Waals surface area contributed by atoms with Crippen LogP contribution in [0.15, 0.2) is 36.4 Å². The van der Waals surface area contributed by atoms with Gasteiger partial charge in [-0.1, -0.05) is 12.1 Å². The van der Waals surface area contributed by atoms with Gasteiger partial charge in [-0.05, 0) is 114 Å². The van der Waals surface area contributed by atoms with Crippen molar-refractivity contribution in [3.63, 3.8) is 0 Å². The highest BCUT2D eigenvalue weighted by atomic mass is 19.1. The molecule has 2 aromatic rings. The van der Waals surface area contributed by atoms with Gasteiger partial charge in [0.25, 0.3) is 5.91 Å². The highest BCUT2D eigenvalue weighted by Crippen LogP contribution is 2.46. The van der Waals surface area contributed by atoms with Gasteiger partial charge in [-0.25, -0.2) is 18.9 Å². The monoisotopic (exact) mass is 648 g/mol. The molecular weight excluding hydrogens is 607 g/mol. The Kier molecular flexibility index (Phi) is 8.04. The zero-order chi connectivity index (χ0) is 33.9. The van der Waals surface area contributed by atoms with Gasteiger partial charge in [-0.2, -0.15) is 0 Å². The van der Waals surface area contributed by atoms with Gasteiger partial charge in [0.05, 0.1) is 0 Å². The third-order valence-corrected chi connectivity index (χ3v) is 9.40. The van der Waals surface area contributed by atoms with Crippen LogP contribution in [0.5, 0.6) is 0 Å². The van der Waals surface area contributed by atoms with Crippen molar-refractivity contribution in [3.05, 3.63) is 64.5 Å². The predicted octanol–water partition coefficient (Wildman–Crippen LogP) is 4.94. The normalized spacial score (nSPS) is 22.4. The number of hydrogen-bond acceptors (Lipinski definition) is 7. The number of nitrogens with one attached hydrogen (secondary N) is 2. The quantitative estimate of drug-likeness (QED) is 0.453. The molecule has 47 heavy (non-hydrogen) atoms. The molecule has 0 unspecified atom stereocenters. The molecule has 1 saturated heterocycles. The first kappa shape index (κ1) is 32.5. The minimum atomic E-state index is -1.55. The maximum Gasteiger partial charge on any atom is 0.418 e. The highest BCUT2D eigenvalue weighted by molar-refractivity contribution is 6.06. The maximum atomic E-state index is 14.0. The van der Waals surface area contributed by atoms with Crippen LogP contribution in [-0.2, 0) is 48.8 Å². The summed E-state index contributed by atoms with van der Waals surface area (Å²) in [5, 5.41) is 5.38. The van der Waals surface area contributed by atoms with E-state index in [1.807, 2.05) is 0 Å². The summed E-state index contributed by atoms with van der Waals surface area (Å²) in [5.74, 6) is -1.38. The lowest BCUT2D eigenvalue weighted by atomic mass is 9.94. The molecule has 5 amide bonds. The first-order valence-electron chi connectivity index (χ1n) is 16.1. The first-order chi connectivity index (χ1) is 22.1. The third-order valence-electron chi connectivity index (χ3n) is 9.40. The van der Waals surface area contributed by atoms with Crippen molar-refractivity contribution in [1.29, 1.82) is 0 Å². The van der Waals surface area contributed by atoms with Crippen molar-refractivity contribution in [1.82, 2.24) is 15.1 Å². The summed E-state index contributed by atoms with van der Waals surface area (Å²) >= 11 is 0. The molecule has 0 bridgehead atoms. The van der Waals surface area contributed by atoms with Gasteiger partial charge in [0.1, 0.15) is 23.5 Å². The van der Waals surface area contributed by atoms with E-state index < -0.39 is 47.3 Å². The van der Waals surface area contributed by atoms with E-state index in [-0.39, 0.29) is 24.2 Å². The van der Waals surface area contributed by atoms with E-state index in [1.54, 1.807) is 63.8 Å². The Hall–Kier alpha value is -4.48. The number of imide groups is 1. The maximum absolute atomic E-state index is 14.0. The fourth-order valence-electron chi connectivity index (χ4n) is 6.85. The fraction of sp³-hybridized carbons (Fsp3) is 0.514. The number of benzene rings is 2. The van der Waals surface area contributed by atoms with Crippen LogP contribution in [0.4, 0.5) is 19.7 Å². The SMILES string of the molecule is CC(C)(C)OC(=O)NC(C)(C)C(=O)Nc1ccc2c(c1)CC[C@@]21OC(=O)N(CC(=O)N2Cc3ccc(F)cc3CC[C@H]2C2CC2)C1=O. The Balaban J connectivity index is 1.15. The average molecular weight is 649 g/mol. The number of alkyl carbamates (subject to hydrolysis) is 1.